The van der Waals surface area contributed by atoms with Crippen LogP contribution in [0.15, 0.2) is 55.1 Å². The van der Waals surface area contributed by atoms with Crippen molar-refractivity contribution in [2.45, 2.75) is 0 Å². The fourth-order valence-electron chi connectivity index (χ4n) is 1.73. The largest absolute Gasteiger partial charge is 0.239 e. The van der Waals surface area contributed by atoms with Gasteiger partial charge in [0.2, 0.25) is 0 Å². The van der Waals surface area contributed by atoms with E-state index in [1.165, 1.54) is 10.7 Å². The molecule has 84 valence electrons. The number of hydrogen-bond donors (Lipinski definition) is 0. The van der Waals surface area contributed by atoms with Crippen molar-refractivity contribution < 1.29 is 4.39 Å². The molecule has 0 aliphatic carbocycles. The van der Waals surface area contributed by atoms with Gasteiger partial charge in [0.05, 0.1) is 5.69 Å². The monoisotopic (exact) mass is 228 g/mol. The summed E-state index contributed by atoms with van der Waals surface area (Å²) in [6, 6.07) is 8.40. The molecular formula is C12H9FN4. The van der Waals surface area contributed by atoms with Gasteiger partial charge in [0.15, 0.2) is 5.82 Å². The SMILES string of the molecule is Fc1cccc(-n2cccn2)c1-n1cccn1. The maximum Gasteiger partial charge on any atom is 0.151 e. The normalized spacial score (nSPS) is 10.6. The number of aromatic nitrogens is 4. The summed E-state index contributed by atoms with van der Waals surface area (Å²) in [5, 5.41) is 8.16. The molecule has 0 N–H and O–H groups in total. The average Bonchev–Trinajstić information content (AvgIpc) is 3.02. The van der Waals surface area contributed by atoms with Crippen LogP contribution in [0.5, 0.6) is 0 Å². The maximum absolute atomic E-state index is 13.9. The zero-order valence-electron chi connectivity index (χ0n) is 8.86. The van der Waals surface area contributed by atoms with E-state index in [-0.39, 0.29) is 5.82 Å². The zero-order valence-corrected chi connectivity index (χ0v) is 8.86. The molecule has 0 fully saturated rings. The number of hydrogen-bond acceptors (Lipinski definition) is 2. The van der Waals surface area contributed by atoms with E-state index in [0.717, 1.165) is 0 Å². The molecule has 4 nitrogen and oxygen atoms in total. The van der Waals surface area contributed by atoms with Gasteiger partial charge in [0.1, 0.15) is 5.69 Å². The Balaban J connectivity index is 2.26. The summed E-state index contributed by atoms with van der Waals surface area (Å²) in [5.41, 5.74) is 1.04. The molecule has 3 aromatic rings. The van der Waals surface area contributed by atoms with Crippen LogP contribution in [0.1, 0.15) is 0 Å². The smallest absolute Gasteiger partial charge is 0.151 e. The van der Waals surface area contributed by atoms with E-state index in [1.807, 2.05) is 0 Å². The third-order valence-corrected chi connectivity index (χ3v) is 2.45. The van der Waals surface area contributed by atoms with E-state index >= 15 is 0 Å². The van der Waals surface area contributed by atoms with Crippen LogP contribution in [0, 0.1) is 5.82 Å². The molecule has 0 saturated carbocycles. The summed E-state index contributed by atoms with van der Waals surface area (Å²) in [6.07, 6.45) is 6.73. The van der Waals surface area contributed by atoms with Gasteiger partial charge in [-0.15, -0.1) is 0 Å². The van der Waals surface area contributed by atoms with Gasteiger partial charge in [-0.1, -0.05) is 6.07 Å². The van der Waals surface area contributed by atoms with Crippen LogP contribution < -0.4 is 0 Å². The second kappa shape index (κ2) is 3.86. The second-order valence-electron chi connectivity index (χ2n) is 3.51. The zero-order chi connectivity index (χ0) is 11.7. The van der Waals surface area contributed by atoms with Crippen molar-refractivity contribution in [2.24, 2.45) is 0 Å². The Bertz CT molecular complexity index is 614. The average molecular weight is 228 g/mol. The number of rotatable bonds is 2. The Morgan fingerprint density at radius 2 is 1.59 bits per heavy atom. The van der Waals surface area contributed by atoms with Crippen LogP contribution in [-0.4, -0.2) is 19.6 Å². The van der Waals surface area contributed by atoms with Gasteiger partial charge in [-0.2, -0.15) is 10.2 Å². The van der Waals surface area contributed by atoms with Crippen molar-refractivity contribution >= 4 is 0 Å². The van der Waals surface area contributed by atoms with E-state index in [0.29, 0.717) is 11.4 Å². The van der Waals surface area contributed by atoms with Gasteiger partial charge < -0.3 is 0 Å². The molecule has 0 saturated heterocycles. The number of benzene rings is 1. The van der Waals surface area contributed by atoms with Crippen LogP contribution in [0.25, 0.3) is 11.4 Å². The summed E-state index contributed by atoms with van der Waals surface area (Å²) in [4.78, 5) is 0. The lowest BCUT2D eigenvalue weighted by atomic mass is 10.2. The van der Waals surface area contributed by atoms with Gasteiger partial charge >= 0.3 is 0 Å². The summed E-state index contributed by atoms with van der Waals surface area (Å²) in [5.74, 6) is -0.332. The van der Waals surface area contributed by atoms with E-state index in [4.69, 9.17) is 0 Å². The lowest BCUT2D eigenvalue weighted by Gasteiger charge is -2.10. The Kier molecular flexibility index (Phi) is 2.22. The van der Waals surface area contributed by atoms with Crippen molar-refractivity contribution in [2.75, 3.05) is 0 Å². The second-order valence-corrected chi connectivity index (χ2v) is 3.51. The van der Waals surface area contributed by atoms with Crippen molar-refractivity contribution in [3.05, 3.63) is 60.9 Å². The molecule has 0 amide bonds. The Labute approximate surface area is 96.9 Å². The number of para-hydroxylation sites is 1. The molecular weight excluding hydrogens is 219 g/mol. The molecule has 0 radical (unpaired) electrons. The first-order valence-corrected chi connectivity index (χ1v) is 5.15. The van der Waals surface area contributed by atoms with Crippen LogP contribution in [0.3, 0.4) is 0 Å². The Morgan fingerprint density at radius 3 is 2.24 bits per heavy atom. The minimum absolute atomic E-state index is 0.332. The van der Waals surface area contributed by atoms with Gasteiger partial charge in [-0.25, -0.2) is 13.8 Å². The van der Waals surface area contributed by atoms with E-state index in [2.05, 4.69) is 10.2 Å². The highest BCUT2D eigenvalue weighted by molar-refractivity contribution is 5.52. The lowest BCUT2D eigenvalue weighted by molar-refractivity contribution is 0.607. The molecule has 3 rings (SSSR count). The first-order chi connectivity index (χ1) is 8.36. The highest BCUT2D eigenvalue weighted by atomic mass is 19.1. The lowest BCUT2D eigenvalue weighted by Crippen LogP contribution is -2.06. The van der Waals surface area contributed by atoms with Gasteiger partial charge in [0, 0.05) is 24.8 Å². The van der Waals surface area contributed by atoms with Crippen molar-refractivity contribution in [1.82, 2.24) is 19.6 Å². The molecule has 0 spiro atoms. The number of halogens is 1. The van der Waals surface area contributed by atoms with Crippen LogP contribution in [0.4, 0.5) is 4.39 Å². The molecule has 0 aliphatic heterocycles. The number of nitrogens with zero attached hydrogens (tertiary/aromatic N) is 4. The van der Waals surface area contributed by atoms with Crippen molar-refractivity contribution in [3.8, 4) is 11.4 Å². The van der Waals surface area contributed by atoms with E-state index in [9.17, 15) is 4.39 Å². The van der Waals surface area contributed by atoms with Gasteiger partial charge in [0.25, 0.3) is 0 Å². The van der Waals surface area contributed by atoms with Crippen LogP contribution in [-0.2, 0) is 0 Å². The highest BCUT2D eigenvalue weighted by Crippen LogP contribution is 2.20. The van der Waals surface area contributed by atoms with Crippen LogP contribution >= 0.6 is 0 Å². The van der Waals surface area contributed by atoms with Gasteiger partial charge in [-0.05, 0) is 24.3 Å². The Hall–Kier alpha value is -2.43. The quantitative estimate of drug-likeness (QED) is 0.674. The van der Waals surface area contributed by atoms with Crippen molar-refractivity contribution in [1.29, 1.82) is 0 Å². The Morgan fingerprint density at radius 1 is 0.882 bits per heavy atom. The van der Waals surface area contributed by atoms with Gasteiger partial charge in [-0.3, -0.25) is 0 Å². The minimum atomic E-state index is -0.332. The van der Waals surface area contributed by atoms with E-state index in [1.54, 1.807) is 53.7 Å². The first kappa shape index (κ1) is 9.77. The molecule has 0 aliphatic rings. The minimum Gasteiger partial charge on any atom is -0.239 e. The van der Waals surface area contributed by atoms with Crippen LogP contribution in [0.2, 0.25) is 0 Å². The molecule has 1 aromatic carbocycles. The maximum atomic E-state index is 13.9. The summed E-state index contributed by atoms with van der Waals surface area (Å²) in [7, 11) is 0. The fourth-order valence-corrected chi connectivity index (χ4v) is 1.73. The molecule has 2 aromatic heterocycles. The predicted octanol–water partition coefficient (Wildman–Crippen LogP) is 2.20. The molecule has 2 heterocycles. The summed E-state index contributed by atoms with van der Waals surface area (Å²) < 4.78 is 17.0. The van der Waals surface area contributed by atoms with Crippen molar-refractivity contribution in [3.63, 3.8) is 0 Å². The molecule has 0 unspecified atom stereocenters. The molecule has 0 atom stereocenters. The summed E-state index contributed by atoms with van der Waals surface area (Å²) in [6.45, 7) is 0. The molecule has 0 bridgehead atoms. The highest BCUT2D eigenvalue weighted by Gasteiger charge is 2.12. The summed E-state index contributed by atoms with van der Waals surface area (Å²) >= 11 is 0. The third kappa shape index (κ3) is 1.61. The molecule has 17 heavy (non-hydrogen) atoms. The first-order valence-electron chi connectivity index (χ1n) is 5.15. The molecule has 5 heteroatoms. The topological polar surface area (TPSA) is 35.6 Å². The third-order valence-electron chi connectivity index (χ3n) is 2.45. The standard InChI is InChI=1S/C12H9FN4/c13-10-4-1-5-11(16-8-2-6-14-16)12(10)17-9-3-7-15-17/h1-9H. The van der Waals surface area contributed by atoms with E-state index < -0.39 is 0 Å². The fraction of sp³-hybridized carbons (Fsp3) is 0. The predicted molar refractivity (Wildman–Crippen MR) is 60.6 cm³/mol.